The molecule has 2 aromatic rings. The molecule has 0 bridgehead atoms. The Morgan fingerprint density at radius 3 is 2.74 bits per heavy atom. The maximum atomic E-state index is 13.0. The Balaban J connectivity index is 2.10. The first-order valence-corrected chi connectivity index (χ1v) is 6.83. The molecule has 0 amide bonds. The van der Waals surface area contributed by atoms with Crippen LogP contribution in [0.25, 0.3) is 0 Å². The van der Waals surface area contributed by atoms with Gasteiger partial charge in [0.25, 0.3) is 0 Å². The predicted molar refractivity (Wildman–Crippen MR) is 74.6 cm³/mol. The van der Waals surface area contributed by atoms with Crippen molar-refractivity contribution in [2.24, 2.45) is 0 Å². The van der Waals surface area contributed by atoms with E-state index in [0.717, 1.165) is 17.0 Å². The normalized spacial score (nSPS) is 10.4. The molecule has 0 aliphatic rings. The number of Topliss-reactive ketones (excluding diaryl/α,β-unsaturated/α-hetero) is 1. The number of hydrogen-bond donors (Lipinski definition) is 1. The Morgan fingerprint density at radius 2 is 2.00 bits per heavy atom. The van der Waals surface area contributed by atoms with Crippen LogP contribution >= 0.6 is 23.4 Å². The van der Waals surface area contributed by atoms with Crippen LogP contribution in [0.4, 0.5) is 4.39 Å². The molecule has 0 saturated heterocycles. The minimum atomic E-state index is -0.552. The zero-order valence-electron chi connectivity index (χ0n) is 9.77. The average Bonchev–Trinajstić information content (AvgIpc) is 2.40. The number of halogens is 2. The van der Waals surface area contributed by atoms with Gasteiger partial charge < -0.3 is 5.11 Å². The van der Waals surface area contributed by atoms with E-state index < -0.39 is 5.82 Å². The quantitative estimate of drug-likeness (QED) is 0.680. The number of phenols is 1. The number of aromatic hydroxyl groups is 1. The van der Waals surface area contributed by atoms with E-state index in [4.69, 9.17) is 11.6 Å². The molecule has 19 heavy (non-hydrogen) atoms. The third-order valence-corrected chi connectivity index (χ3v) is 3.97. The van der Waals surface area contributed by atoms with E-state index in [9.17, 15) is 14.3 Å². The summed E-state index contributed by atoms with van der Waals surface area (Å²) in [5.41, 5.74) is -0.0143. The topological polar surface area (TPSA) is 37.3 Å². The number of benzene rings is 2. The monoisotopic (exact) mass is 296 g/mol. The molecular weight excluding hydrogens is 287 g/mol. The summed E-state index contributed by atoms with van der Waals surface area (Å²) < 4.78 is 13.0. The van der Waals surface area contributed by atoms with E-state index >= 15 is 0 Å². The van der Waals surface area contributed by atoms with Crippen LogP contribution in [-0.2, 0) is 0 Å². The molecule has 0 atom stereocenters. The maximum Gasteiger partial charge on any atom is 0.176 e. The summed E-state index contributed by atoms with van der Waals surface area (Å²) in [7, 11) is 0. The van der Waals surface area contributed by atoms with Crippen molar-refractivity contribution in [3.8, 4) is 5.75 Å². The van der Waals surface area contributed by atoms with Crippen LogP contribution in [0.3, 0.4) is 0 Å². The van der Waals surface area contributed by atoms with Crippen molar-refractivity contribution in [2.45, 2.75) is 4.90 Å². The molecule has 98 valence electrons. The summed E-state index contributed by atoms with van der Waals surface area (Å²) in [6.45, 7) is 0. The van der Waals surface area contributed by atoms with Gasteiger partial charge in [0, 0.05) is 4.90 Å². The highest BCUT2D eigenvalue weighted by Crippen LogP contribution is 2.28. The highest BCUT2D eigenvalue weighted by atomic mass is 35.5. The third kappa shape index (κ3) is 3.49. The van der Waals surface area contributed by atoms with Crippen molar-refractivity contribution < 1.29 is 14.3 Å². The average molecular weight is 297 g/mol. The molecule has 5 heteroatoms. The van der Waals surface area contributed by atoms with Gasteiger partial charge in [-0.2, -0.15) is 0 Å². The second kappa shape index (κ2) is 6.08. The summed E-state index contributed by atoms with van der Waals surface area (Å²) in [6, 6.07) is 10.4. The lowest BCUT2D eigenvalue weighted by Gasteiger charge is -2.05. The van der Waals surface area contributed by atoms with Gasteiger partial charge in [0.15, 0.2) is 5.78 Å². The van der Waals surface area contributed by atoms with Gasteiger partial charge in [-0.15, -0.1) is 11.8 Å². The molecule has 0 unspecified atom stereocenters. The molecule has 0 fully saturated rings. The fourth-order valence-corrected chi connectivity index (χ4v) is 2.64. The van der Waals surface area contributed by atoms with Crippen LogP contribution in [0.15, 0.2) is 47.4 Å². The molecule has 0 radical (unpaired) electrons. The van der Waals surface area contributed by atoms with Crippen molar-refractivity contribution in [3.05, 3.63) is 58.9 Å². The van der Waals surface area contributed by atoms with Crippen LogP contribution in [0.5, 0.6) is 5.75 Å². The van der Waals surface area contributed by atoms with Gasteiger partial charge in [-0.1, -0.05) is 23.7 Å². The van der Waals surface area contributed by atoms with Crippen LogP contribution < -0.4 is 0 Å². The van der Waals surface area contributed by atoms with E-state index in [1.165, 1.54) is 17.8 Å². The largest absolute Gasteiger partial charge is 0.507 e. The second-order valence-corrected chi connectivity index (χ2v) is 5.23. The van der Waals surface area contributed by atoms with Gasteiger partial charge in [-0.05, 0) is 30.3 Å². The molecule has 2 aromatic carbocycles. The molecule has 0 saturated carbocycles. The van der Waals surface area contributed by atoms with Gasteiger partial charge in [-0.3, -0.25) is 4.79 Å². The molecule has 2 rings (SSSR count). The summed E-state index contributed by atoms with van der Waals surface area (Å²) in [5, 5.41) is 10.1. The van der Waals surface area contributed by atoms with Gasteiger partial charge in [0.1, 0.15) is 11.6 Å². The fourth-order valence-electron chi connectivity index (χ4n) is 1.51. The molecular formula is C14H10ClFO2S. The fraction of sp³-hybridized carbons (Fsp3) is 0.0714. The Labute approximate surface area is 119 Å². The van der Waals surface area contributed by atoms with Crippen molar-refractivity contribution in [1.82, 2.24) is 0 Å². The zero-order valence-corrected chi connectivity index (χ0v) is 11.3. The van der Waals surface area contributed by atoms with E-state index in [2.05, 4.69) is 0 Å². The van der Waals surface area contributed by atoms with Gasteiger partial charge >= 0.3 is 0 Å². The molecule has 0 aliphatic carbocycles. The lowest BCUT2D eigenvalue weighted by molar-refractivity contribution is 0.101. The van der Waals surface area contributed by atoms with Crippen molar-refractivity contribution in [1.29, 1.82) is 0 Å². The summed E-state index contributed by atoms with van der Waals surface area (Å²) in [5.74, 6) is -1.03. The van der Waals surface area contributed by atoms with Crippen molar-refractivity contribution in [3.63, 3.8) is 0 Å². The molecule has 0 aliphatic heterocycles. The van der Waals surface area contributed by atoms with Gasteiger partial charge in [0.05, 0.1) is 16.3 Å². The predicted octanol–water partition coefficient (Wildman–Crippen LogP) is 4.16. The maximum absolute atomic E-state index is 13.0. The van der Waals surface area contributed by atoms with Crippen LogP contribution in [0.2, 0.25) is 5.02 Å². The lowest BCUT2D eigenvalue weighted by atomic mass is 10.1. The summed E-state index contributed by atoms with van der Waals surface area (Å²) in [6.07, 6.45) is 0. The lowest BCUT2D eigenvalue weighted by Crippen LogP contribution is -2.03. The number of carbonyl (C=O) groups is 1. The molecule has 1 N–H and O–H groups in total. The first-order chi connectivity index (χ1) is 9.08. The Bertz CT molecular complexity index is 616. The van der Waals surface area contributed by atoms with E-state index in [1.807, 2.05) is 6.07 Å². The molecule has 0 heterocycles. The molecule has 2 nitrogen and oxygen atoms in total. The highest BCUT2D eigenvalue weighted by molar-refractivity contribution is 8.00. The number of hydrogen-bond acceptors (Lipinski definition) is 3. The zero-order chi connectivity index (χ0) is 13.8. The smallest absolute Gasteiger partial charge is 0.176 e. The highest BCUT2D eigenvalue weighted by Gasteiger charge is 2.13. The SMILES string of the molecule is O=C(CSc1ccccc1Cl)c1cc(F)ccc1O. The van der Waals surface area contributed by atoms with Gasteiger partial charge in [0.2, 0.25) is 0 Å². The van der Waals surface area contributed by atoms with Crippen LogP contribution in [0.1, 0.15) is 10.4 Å². The number of ketones is 1. The van der Waals surface area contributed by atoms with Crippen molar-refractivity contribution in [2.75, 3.05) is 5.75 Å². The first-order valence-electron chi connectivity index (χ1n) is 5.47. The van der Waals surface area contributed by atoms with Gasteiger partial charge in [-0.25, -0.2) is 4.39 Å². The number of rotatable bonds is 4. The molecule has 0 spiro atoms. The summed E-state index contributed by atoms with van der Waals surface area (Å²) >= 11 is 7.22. The van der Waals surface area contributed by atoms with E-state index in [-0.39, 0.29) is 22.8 Å². The van der Waals surface area contributed by atoms with Crippen LogP contribution in [-0.4, -0.2) is 16.6 Å². The summed E-state index contributed by atoms with van der Waals surface area (Å²) in [4.78, 5) is 12.7. The van der Waals surface area contributed by atoms with Crippen molar-refractivity contribution >= 4 is 29.1 Å². The Kier molecular flexibility index (Phi) is 4.45. The number of phenolic OH excluding ortho intramolecular Hbond substituents is 1. The minimum absolute atomic E-state index is 0.0143. The number of thioether (sulfide) groups is 1. The molecule has 0 aromatic heterocycles. The standard InChI is InChI=1S/C14H10ClFO2S/c15-11-3-1-2-4-14(11)19-8-13(18)10-7-9(16)5-6-12(10)17/h1-7,17H,8H2. The van der Waals surface area contributed by atoms with E-state index in [1.54, 1.807) is 18.2 Å². The third-order valence-electron chi connectivity index (χ3n) is 2.45. The van der Waals surface area contributed by atoms with E-state index in [0.29, 0.717) is 5.02 Å². The minimum Gasteiger partial charge on any atom is -0.507 e. The van der Waals surface area contributed by atoms with Crippen LogP contribution in [0, 0.1) is 5.82 Å². The Morgan fingerprint density at radius 1 is 1.26 bits per heavy atom. The first kappa shape index (κ1) is 13.9. The Hall–Kier alpha value is -1.52. The number of carbonyl (C=O) groups excluding carboxylic acids is 1. The second-order valence-electron chi connectivity index (χ2n) is 3.80.